The number of rotatable bonds is 8. The van der Waals surface area contributed by atoms with Crippen LogP contribution in [0.25, 0.3) is 0 Å². The molecule has 2 atom stereocenters. The van der Waals surface area contributed by atoms with Crippen LogP contribution in [-0.4, -0.2) is 44.7 Å². The SMILES string of the molecule is CCC(CN)C(=O)NC(C)C(=O)NCCOC. The van der Waals surface area contributed by atoms with E-state index in [4.69, 9.17) is 10.5 Å². The molecule has 0 aliphatic carbocycles. The van der Waals surface area contributed by atoms with E-state index in [1.807, 2.05) is 6.92 Å². The quantitative estimate of drug-likeness (QED) is 0.490. The molecule has 0 aromatic heterocycles. The fourth-order valence-corrected chi connectivity index (χ4v) is 1.29. The highest BCUT2D eigenvalue weighted by atomic mass is 16.5. The lowest BCUT2D eigenvalue weighted by Gasteiger charge is -2.17. The molecule has 2 unspecified atom stereocenters. The summed E-state index contributed by atoms with van der Waals surface area (Å²) in [5, 5.41) is 5.29. The largest absolute Gasteiger partial charge is 0.383 e. The number of carbonyl (C=O) groups is 2. The van der Waals surface area contributed by atoms with Gasteiger partial charge in [-0.3, -0.25) is 9.59 Å². The molecule has 0 spiro atoms. The minimum Gasteiger partial charge on any atom is -0.383 e. The van der Waals surface area contributed by atoms with Crippen LogP contribution in [0.4, 0.5) is 0 Å². The molecule has 0 fully saturated rings. The Bertz CT molecular complexity index is 242. The minimum absolute atomic E-state index is 0.176. The van der Waals surface area contributed by atoms with E-state index in [0.717, 1.165) is 0 Å². The predicted octanol–water partition coefficient (Wildman–Crippen LogP) is -0.761. The van der Waals surface area contributed by atoms with Crippen molar-refractivity contribution in [2.45, 2.75) is 26.3 Å². The number of hydrogen-bond donors (Lipinski definition) is 3. The van der Waals surface area contributed by atoms with Crippen molar-refractivity contribution in [3.8, 4) is 0 Å². The number of hydrogen-bond acceptors (Lipinski definition) is 4. The van der Waals surface area contributed by atoms with Crippen molar-refractivity contribution in [2.24, 2.45) is 11.7 Å². The van der Waals surface area contributed by atoms with Crippen LogP contribution in [0.5, 0.6) is 0 Å². The summed E-state index contributed by atoms with van der Waals surface area (Å²) in [6.45, 7) is 4.71. The maximum atomic E-state index is 11.7. The van der Waals surface area contributed by atoms with Crippen LogP contribution < -0.4 is 16.4 Å². The van der Waals surface area contributed by atoms with Crippen LogP contribution in [0.3, 0.4) is 0 Å². The fraction of sp³-hybridized carbons (Fsp3) is 0.818. The lowest BCUT2D eigenvalue weighted by Crippen LogP contribution is -2.48. The van der Waals surface area contributed by atoms with E-state index in [0.29, 0.717) is 26.1 Å². The van der Waals surface area contributed by atoms with Crippen LogP contribution in [0.1, 0.15) is 20.3 Å². The van der Waals surface area contributed by atoms with Crippen molar-refractivity contribution >= 4 is 11.8 Å². The lowest BCUT2D eigenvalue weighted by molar-refractivity contribution is -0.130. The van der Waals surface area contributed by atoms with Gasteiger partial charge in [0.1, 0.15) is 6.04 Å². The monoisotopic (exact) mass is 245 g/mol. The van der Waals surface area contributed by atoms with Crippen molar-refractivity contribution in [3.63, 3.8) is 0 Å². The van der Waals surface area contributed by atoms with E-state index in [-0.39, 0.29) is 17.7 Å². The molecular formula is C11H23N3O3. The molecule has 6 heteroatoms. The van der Waals surface area contributed by atoms with Gasteiger partial charge in [-0.05, 0) is 13.3 Å². The normalized spacial score (nSPS) is 13.9. The predicted molar refractivity (Wildman–Crippen MR) is 65.3 cm³/mol. The van der Waals surface area contributed by atoms with Crippen LogP contribution in [0, 0.1) is 5.92 Å². The Morgan fingerprint density at radius 3 is 2.47 bits per heavy atom. The first-order valence-electron chi connectivity index (χ1n) is 5.83. The second kappa shape index (κ2) is 8.95. The average Bonchev–Trinajstić information content (AvgIpc) is 2.30. The maximum absolute atomic E-state index is 11.7. The van der Waals surface area contributed by atoms with Crippen molar-refractivity contribution in [3.05, 3.63) is 0 Å². The summed E-state index contributed by atoms with van der Waals surface area (Å²) >= 11 is 0. The molecule has 0 saturated heterocycles. The number of amides is 2. The molecule has 0 rings (SSSR count). The Balaban J connectivity index is 4.02. The summed E-state index contributed by atoms with van der Waals surface area (Å²) < 4.78 is 4.81. The maximum Gasteiger partial charge on any atom is 0.242 e. The number of ether oxygens (including phenoxy) is 1. The summed E-state index contributed by atoms with van der Waals surface area (Å²) in [5.41, 5.74) is 5.46. The second-order valence-corrected chi connectivity index (χ2v) is 3.85. The highest BCUT2D eigenvalue weighted by Crippen LogP contribution is 2.00. The van der Waals surface area contributed by atoms with Gasteiger partial charge in [0.05, 0.1) is 6.61 Å². The molecule has 4 N–H and O–H groups in total. The van der Waals surface area contributed by atoms with Crippen molar-refractivity contribution in [1.82, 2.24) is 10.6 Å². The number of carbonyl (C=O) groups excluding carboxylic acids is 2. The van der Waals surface area contributed by atoms with E-state index < -0.39 is 6.04 Å². The molecule has 0 radical (unpaired) electrons. The van der Waals surface area contributed by atoms with E-state index >= 15 is 0 Å². The third-order valence-corrected chi connectivity index (χ3v) is 2.51. The molecule has 17 heavy (non-hydrogen) atoms. The highest BCUT2D eigenvalue weighted by Gasteiger charge is 2.20. The van der Waals surface area contributed by atoms with Crippen molar-refractivity contribution in [1.29, 1.82) is 0 Å². The Hall–Kier alpha value is -1.14. The second-order valence-electron chi connectivity index (χ2n) is 3.85. The molecular weight excluding hydrogens is 222 g/mol. The molecule has 6 nitrogen and oxygen atoms in total. The van der Waals surface area contributed by atoms with Gasteiger partial charge in [-0.2, -0.15) is 0 Å². The van der Waals surface area contributed by atoms with Crippen molar-refractivity contribution in [2.75, 3.05) is 26.8 Å². The van der Waals surface area contributed by atoms with E-state index in [2.05, 4.69) is 10.6 Å². The zero-order chi connectivity index (χ0) is 13.3. The Morgan fingerprint density at radius 2 is 2.00 bits per heavy atom. The average molecular weight is 245 g/mol. The zero-order valence-corrected chi connectivity index (χ0v) is 10.8. The first-order valence-corrected chi connectivity index (χ1v) is 5.83. The number of nitrogens with one attached hydrogen (secondary N) is 2. The smallest absolute Gasteiger partial charge is 0.242 e. The lowest BCUT2D eigenvalue weighted by atomic mass is 10.1. The van der Waals surface area contributed by atoms with Gasteiger partial charge in [-0.25, -0.2) is 0 Å². The molecule has 0 heterocycles. The summed E-state index contributed by atoms with van der Waals surface area (Å²) in [6.07, 6.45) is 0.667. The third-order valence-electron chi connectivity index (χ3n) is 2.51. The summed E-state index contributed by atoms with van der Waals surface area (Å²) in [7, 11) is 1.56. The minimum atomic E-state index is -0.556. The van der Waals surface area contributed by atoms with Gasteiger partial charge in [0.2, 0.25) is 11.8 Å². The first-order chi connectivity index (χ1) is 8.06. The highest BCUT2D eigenvalue weighted by molar-refractivity contribution is 5.88. The first kappa shape index (κ1) is 15.9. The Morgan fingerprint density at radius 1 is 1.35 bits per heavy atom. The fourth-order valence-electron chi connectivity index (χ4n) is 1.29. The van der Waals surface area contributed by atoms with Crippen molar-refractivity contribution < 1.29 is 14.3 Å². The van der Waals surface area contributed by atoms with Crippen LogP contribution >= 0.6 is 0 Å². The van der Waals surface area contributed by atoms with Crippen LogP contribution in [0.15, 0.2) is 0 Å². The molecule has 0 aromatic carbocycles. The molecule has 0 saturated carbocycles. The Kier molecular flexibility index (Phi) is 8.35. The van der Waals surface area contributed by atoms with Gasteiger partial charge >= 0.3 is 0 Å². The summed E-state index contributed by atoms with van der Waals surface area (Å²) in [6, 6.07) is -0.556. The summed E-state index contributed by atoms with van der Waals surface area (Å²) in [4.78, 5) is 23.2. The van der Waals surface area contributed by atoms with Gasteiger partial charge in [-0.1, -0.05) is 6.92 Å². The molecule has 0 aliphatic rings. The topological polar surface area (TPSA) is 93.5 Å². The molecule has 0 aliphatic heterocycles. The molecule has 0 aromatic rings. The van der Waals surface area contributed by atoms with E-state index in [9.17, 15) is 9.59 Å². The van der Waals surface area contributed by atoms with Gasteiger partial charge in [0.25, 0.3) is 0 Å². The Labute approximate surface area is 102 Å². The molecule has 2 amide bonds. The van der Waals surface area contributed by atoms with Crippen LogP contribution in [0.2, 0.25) is 0 Å². The zero-order valence-electron chi connectivity index (χ0n) is 10.8. The summed E-state index contributed by atoms with van der Waals surface area (Å²) in [5.74, 6) is -0.629. The van der Waals surface area contributed by atoms with E-state index in [1.54, 1.807) is 14.0 Å². The van der Waals surface area contributed by atoms with E-state index in [1.165, 1.54) is 0 Å². The van der Waals surface area contributed by atoms with Gasteiger partial charge in [0.15, 0.2) is 0 Å². The van der Waals surface area contributed by atoms with Gasteiger partial charge in [-0.15, -0.1) is 0 Å². The number of methoxy groups -OCH3 is 1. The van der Waals surface area contributed by atoms with Gasteiger partial charge < -0.3 is 21.1 Å². The molecule has 100 valence electrons. The molecule has 0 bridgehead atoms. The standard InChI is InChI=1S/C11H23N3O3/c1-4-9(7-12)11(16)14-8(2)10(15)13-5-6-17-3/h8-9H,4-7,12H2,1-3H3,(H,13,15)(H,14,16). The van der Waals surface area contributed by atoms with Crippen LogP contribution in [-0.2, 0) is 14.3 Å². The third kappa shape index (κ3) is 6.23. The van der Waals surface area contributed by atoms with Gasteiger partial charge in [0, 0.05) is 26.1 Å². The number of nitrogens with two attached hydrogens (primary N) is 1.